The smallest absolute Gasteiger partial charge is 0.0798 e. The highest BCUT2D eigenvalue weighted by Crippen LogP contribution is 2.15. The molecule has 0 fully saturated rings. The predicted octanol–water partition coefficient (Wildman–Crippen LogP) is 1.86. The van der Waals surface area contributed by atoms with Crippen LogP contribution in [0.4, 0.5) is 0 Å². The van der Waals surface area contributed by atoms with Crippen LogP contribution in [-0.4, -0.2) is 21.4 Å². The van der Waals surface area contributed by atoms with Crippen molar-refractivity contribution < 1.29 is 10.2 Å². The lowest BCUT2D eigenvalue weighted by molar-refractivity contribution is 0.0893. The van der Waals surface area contributed by atoms with Crippen molar-refractivity contribution in [2.75, 3.05) is 0 Å². The SMILES string of the molecule is CCC(C)(O)/C=C/C(C)(O)CC. The van der Waals surface area contributed by atoms with E-state index in [1.807, 2.05) is 13.8 Å². The fourth-order valence-electron chi connectivity index (χ4n) is 0.595. The Kier molecular flexibility index (Phi) is 3.94. The van der Waals surface area contributed by atoms with Crippen LogP contribution in [0.3, 0.4) is 0 Å². The summed E-state index contributed by atoms with van der Waals surface area (Å²) in [7, 11) is 0. The van der Waals surface area contributed by atoms with Crippen LogP contribution in [0.5, 0.6) is 0 Å². The molecule has 0 spiro atoms. The summed E-state index contributed by atoms with van der Waals surface area (Å²) < 4.78 is 0. The van der Waals surface area contributed by atoms with Gasteiger partial charge in [-0.1, -0.05) is 26.0 Å². The zero-order chi connectivity index (χ0) is 9.83. The highest BCUT2D eigenvalue weighted by molar-refractivity contribution is 5.05. The molecule has 0 aliphatic rings. The first kappa shape index (κ1) is 11.7. The maximum absolute atomic E-state index is 9.58. The van der Waals surface area contributed by atoms with Crippen LogP contribution in [0.25, 0.3) is 0 Å². The van der Waals surface area contributed by atoms with Crippen LogP contribution in [0, 0.1) is 0 Å². The largest absolute Gasteiger partial charge is 0.386 e. The van der Waals surface area contributed by atoms with Crippen LogP contribution in [0.15, 0.2) is 12.2 Å². The van der Waals surface area contributed by atoms with Gasteiger partial charge >= 0.3 is 0 Å². The molecule has 0 radical (unpaired) electrons. The van der Waals surface area contributed by atoms with Crippen molar-refractivity contribution in [3.8, 4) is 0 Å². The maximum Gasteiger partial charge on any atom is 0.0798 e. The summed E-state index contributed by atoms with van der Waals surface area (Å²) in [5, 5.41) is 19.2. The van der Waals surface area contributed by atoms with E-state index in [1.54, 1.807) is 26.0 Å². The molecule has 2 atom stereocenters. The Morgan fingerprint density at radius 3 is 1.33 bits per heavy atom. The van der Waals surface area contributed by atoms with E-state index in [1.165, 1.54) is 0 Å². The Morgan fingerprint density at radius 2 is 1.17 bits per heavy atom. The normalized spacial score (nSPS) is 22.2. The first-order valence-electron chi connectivity index (χ1n) is 4.48. The lowest BCUT2D eigenvalue weighted by atomic mass is 9.97. The number of aliphatic hydroxyl groups is 2. The van der Waals surface area contributed by atoms with Gasteiger partial charge in [-0.05, 0) is 26.7 Å². The predicted molar refractivity (Wildman–Crippen MR) is 51.0 cm³/mol. The lowest BCUT2D eigenvalue weighted by Gasteiger charge is -2.20. The maximum atomic E-state index is 9.58. The molecule has 0 amide bonds. The molecule has 0 aliphatic carbocycles. The summed E-state index contributed by atoms with van der Waals surface area (Å²) in [6.45, 7) is 7.28. The van der Waals surface area contributed by atoms with Gasteiger partial charge in [0.15, 0.2) is 0 Å². The van der Waals surface area contributed by atoms with Gasteiger partial charge in [0.25, 0.3) is 0 Å². The van der Waals surface area contributed by atoms with E-state index in [-0.39, 0.29) is 0 Å². The molecule has 0 aromatic rings. The fourth-order valence-corrected chi connectivity index (χ4v) is 0.595. The summed E-state index contributed by atoms with van der Waals surface area (Å²) in [5.74, 6) is 0. The topological polar surface area (TPSA) is 40.5 Å². The van der Waals surface area contributed by atoms with Crippen LogP contribution < -0.4 is 0 Å². The molecule has 2 N–H and O–H groups in total. The average Bonchev–Trinajstić information content (AvgIpc) is 2.02. The molecule has 2 unspecified atom stereocenters. The highest BCUT2D eigenvalue weighted by Gasteiger charge is 2.17. The van der Waals surface area contributed by atoms with E-state index in [9.17, 15) is 10.2 Å². The van der Waals surface area contributed by atoms with E-state index >= 15 is 0 Å². The molecule has 0 bridgehead atoms. The van der Waals surface area contributed by atoms with Gasteiger partial charge in [0.1, 0.15) is 0 Å². The van der Waals surface area contributed by atoms with Gasteiger partial charge in [0.05, 0.1) is 11.2 Å². The molecule has 12 heavy (non-hydrogen) atoms. The summed E-state index contributed by atoms with van der Waals surface area (Å²) >= 11 is 0. The first-order chi connectivity index (χ1) is 5.33. The third-order valence-corrected chi connectivity index (χ3v) is 2.23. The van der Waals surface area contributed by atoms with Crippen molar-refractivity contribution >= 4 is 0 Å². The minimum Gasteiger partial charge on any atom is -0.386 e. The molecule has 2 heteroatoms. The number of hydrogen-bond donors (Lipinski definition) is 2. The molecule has 0 aliphatic heterocycles. The van der Waals surface area contributed by atoms with Crippen molar-refractivity contribution in [1.82, 2.24) is 0 Å². The average molecular weight is 172 g/mol. The second-order valence-electron chi connectivity index (χ2n) is 3.75. The Balaban J connectivity index is 4.23. The van der Waals surface area contributed by atoms with Crippen molar-refractivity contribution in [3.63, 3.8) is 0 Å². The summed E-state index contributed by atoms with van der Waals surface area (Å²) in [5.41, 5.74) is -1.58. The first-order valence-corrected chi connectivity index (χ1v) is 4.48. The van der Waals surface area contributed by atoms with Gasteiger partial charge in [-0.25, -0.2) is 0 Å². The van der Waals surface area contributed by atoms with Crippen LogP contribution in [0.1, 0.15) is 40.5 Å². The standard InChI is InChI=1S/C10H20O2/c1-5-9(3,11)7-8-10(4,12)6-2/h7-8,11-12H,5-6H2,1-4H3/b8-7+. The summed E-state index contributed by atoms with van der Waals surface area (Å²) in [6, 6.07) is 0. The monoisotopic (exact) mass is 172 g/mol. The Bertz CT molecular complexity index is 139. The summed E-state index contributed by atoms with van der Waals surface area (Å²) in [6.07, 6.45) is 4.64. The molecule has 0 heterocycles. The van der Waals surface area contributed by atoms with Gasteiger partial charge < -0.3 is 10.2 Å². The minimum absolute atomic E-state index is 0.656. The molecule has 72 valence electrons. The number of rotatable bonds is 4. The summed E-state index contributed by atoms with van der Waals surface area (Å²) in [4.78, 5) is 0. The van der Waals surface area contributed by atoms with Gasteiger partial charge in [0, 0.05) is 0 Å². The molecular formula is C10H20O2. The van der Waals surface area contributed by atoms with E-state index < -0.39 is 11.2 Å². The molecule has 2 nitrogen and oxygen atoms in total. The zero-order valence-corrected chi connectivity index (χ0v) is 8.46. The van der Waals surface area contributed by atoms with Crippen molar-refractivity contribution in [2.24, 2.45) is 0 Å². The van der Waals surface area contributed by atoms with Crippen molar-refractivity contribution in [3.05, 3.63) is 12.2 Å². The third kappa shape index (κ3) is 4.52. The van der Waals surface area contributed by atoms with Crippen LogP contribution in [0.2, 0.25) is 0 Å². The number of hydrogen-bond acceptors (Lipinski definition) is 2. The fraction of sp³-hybridized carbons (Fsp3) is 0.800. The van der Waals surface area contributed by atoms with E-state index in [0.29, 0.717) is 12.8 Å². The van der Waals surface area contributed by atoms with Gasteiger partial charge in [-0.15, -0.1) is 0 Å². The Labute approximate surface area is 74.9 Å². The second-order valence-corrected chi connectivity index (χ2v) is 3.75. The Hall–Kier alpha value is -0.340. The molecule has 0 saturated carbocycles. The third-order valence-electron chi connectivity index (χ3n) is 2.23. The molecule has 0 rings (SSSR count). The van der Waals surface area contributed by atoms with E-state index in [4.69, 9.17) is 0 Å². The lowest BCUT2D eigenvalue weighted by Crippen LogP contribution is -2.24. The molecule has 0 aromatic carbocycles. The van der Waals surface area contributed by atoms with E-state index in [0.717, 1.165) is 0 Å². The van der Waals surface area contributed by atoms with Gasteiger partial charge in [-0.2, -0.15) is 0 Å². The van der Waals surface area contributed by atoms with Gasteiger partial charge in [-0.3, -0.25) is 0 Å². The molecule has 0 aromatic heterocycles. The Morgan fingerprint density at radius 1 is 0.917 bits per heavy atom. The van der Waals surface area contributed by atoms with Crippen molar-refractivity contribution in [2.45, 2.75) is 51.7 Å². The second kappa shape index (κ2) is 4.06. The minimum atomic E-state index is -0.792. The highest BCUT2D eigenvalue weighted by atomic mass is 16.3. The van der Waals surface area contributed by atoms with Crippen LogP contribution in [-0.2, 0) is 0 Å². The quantitative estimate of drug-likeness (QED) is 0.635. The zero-order valence-electron chi connectivity index (χ0n) is 8.46. The van der Waals surface area contributed by atoms with Crippen molar-refractivity contribution in [1.29, 1.82) is 0 Å². The van der Waals surface area contributed by atoms with E-state index in [2.05, 4.69) is 0 Å². The van der Waals surface area contributed by atoms with Crippen LogP contribution >= 0.6 is 0 Å². The van der Waals surface area contributed by atoms with Gasteiger partial charge in [0.2, 0.25) is 0 Å². The molecular weight excluding hydrogens is 152 g/mol. The molecule has 0 saturated heterocycles.